The van der Waals surface area contributed by atoms with Gasteiger partial charge in [-0.2, -0.15) is 13.2 Å². The van der Waals surface area contributed by atoms with Crippen molar-refractivity contribution in [2.75, 3.05) is 26.7 Å². The van der Waals surface area contributed by atoms with Crippen LogP contribution in [0.25, 0.3) is 0 Å². The molecule has 2 nitrogen and oxygen atoms in total. The van der Waals surface area contributed by atoms with Crippen molar-refractivity contribution in [1.29, 1.82) is 0 Å². The Morgan fingerprint density at radius 2 is 2.08 bits per heavy atom. The highest BCUT2D eigenvalue weighted by molar-refractivity contribution is 4.76. The Hall–Kier alpha value is -0.290. The number of alkyl halides is 3. The Morgan fingerprint density at radius 1 is 1.38 bits per heavy atom. The summed E-state index contributed by atoms with van der Waals surface area (Å²) in [4.78, 5) is 1.79. The molecule has 1 fully saturated rings. The monoisotopic (exact) mass is 196 g/mol. The summed E-state index contributed by atoms with van der Waals surface area (Å²) < 4.78 is 36.3. The molecule has 0 radical (unpaired) electrons. The Balaban J connectivity index is 2.45. The number of nitrogens with one attached hydrogen (secondary N) is 1. The topological polar surface area (TPSA) is 15.3 Å². The van der Waals surface area contributed by atoms with Crippen LogP contribution in [0.2, 0.25) is 0 Å². The van der Waals surface area contributed by atoms with Crippen LogP contribution in [0.4, 0.5) is 13.2 Å². The van der Waals surface area contributed by atoms with Crippen LogP contribution < -0.4 is 5.32 Å². The maximum Gasteiger partial charge on any atom is 0.390 e. The molecule has 0 amide bonds. The van der Waals surface area contributed by atoms with Crippen LogP contribution in [0.5, 0.6) is 0 Å². The minimum atomic E-state index is -4.04. The van der Waals surface area contributed by atoms with Crippen LogP contribution in [0.3, 0.4) is 0 Å². The van der Waals surface area contributed by atoms with Crippen molar-refractivity contribution in [2.24, 2.45) is 0 Å². The summed E-state index contributed by atoms with van der Waals surface area (Å²) in [5.74, 6) is 0. The first kappa shape index (κ1) is 10.8. The number of halogens is 3. The fourth-order valence-electron chi connectivity index (χ4n) is 1.58. The lowest BCUT2D eigenvalue weighted by Crippen LogP contribution is -2.36. The molecule has 78 valence electrons. The van der Waals surface area contributed by atoms with Gasteiger partial charge in [-0.3, -0.25) is 0 Å². The average Bonchev–Trinajstić information content (AvgIpc) is 2.14. The largest absolute Gasteiger partial charge is 0.390 e. The third-order valence-electron chi connectivity index (χ3n) is 2.39. The predicted octanol–water partition coefficient (Wildman–Crippen LogP) is 1.23. The summed E-state index contributed by atoms with van der Waals surface area (Å²) in [6, 6.07) is -0.352. The smallest absolute Gasteiger partial charge is 0.315 e. The SMILES string of the molecule is CN1CCNCCC1CC(F)(F)F. The molecule has 13 heavy (non-hydrogen) atoms. The van der Waals surface area contributed by atoms with Crippen molar-refractivity contribution in [3.8, 4) is 0 Å². The fourth-order valence-corrected chi connectivity index (χ4v) is 1.58. The standard InChI is InChI=1S/C8H15F3N2/c1-13-5-4-12-3-2-7(13)6-8(9,10)11/h7,12H,2-6H2,1H3. The van der Waals surface area contributed by atoms with E-state index in [-0.39, 0.29) is 6.04 Å². The molecule has 1 N–H and O–H groups in total. The summed E-state index contributed by atoms with van der Waals surface area (Å²) in [5.41, 5.74) is 0. The highest BCUT2D eigenvalue weighted by Gasteiger charge is 2.33. The van der Waals surface area contributed by atoms with Gasteiger partial charge in [0.2, 0.25) is 0 Å². The molecule has 0 aromatic rings. The highest BCUT2D eigenvalue weighted by Crippen LogP contribution is 2.25. The Bertz CT molecular complexity index is 158. The number of hydrogen-bond acceptors (Lipinski definition) is 2. The van der Waals surface area contributed by atoms with Crippen molar-refractivity contribution in [3.63, 3.8) is 0 Å². The van der Waals surface area contributed by atoms with E-state index < -0.39 is 12.6 Å². The molecule has 1 rings (SSSR count). The van der Waals surface area contributed by atoms with E-state index in [1.807, 2.05) is 0 Å². The molecule has 0 aromatic heterocycles. The van der Waals surface area contributed by atoms with E-state index in [9.17, 15) is 13.2 Å². The summed E-state index contributed by atoms with van der Waals surface area (Å²) in [5, 5.41) is 3.08. The lowest BCUT2D eigenvalue weighted by atomic mass is 10.1. The fraction of sp³-hybridized carbons (Fsp3) is 1.00. The van der Waals surface area contributed by atoms with Gasteiger partial charge in [-0.25, -0.2) is 0 Å². The molecule has 1 aliphatic heterocycles. The predicted molar refractivity (Wildman–Crippen MR) is 44.6 cm³/mol. The molecule has 1 saturated heterocycles. The van der Waals surface area contributed by atoms with Gasteiger partial charge >= 0.3 is 6.18 Å². The molecule has 0 aliphatic carbocycles. The second-order valence-electron chi connectivity index (χ2n) is 3.49. The lowest BCUT2D eigenvalue weighted by Gasteiger charge is -2.25. The second kappa shape index (κ2) is 4.28. The molecule has 0 saturated carbocycles. The number of rotatable bonds is 1. The first-order valence-electron chi connectivity index (χ1n) is 4.47. The van der Waals surface area contributed by atoms with Gasteiger partial charge < -0.3 is 10.2 Å². The van der Waals surface area contributed by atoms with Gasteiger partial charge in [0.05, 0.1) is 6.42 Å². The van der Waals surface area contributed by atoms with E-state index in [0.717, 1.165) is 6.54 Å². The second-order valence-corrected chi connectivity index (χ2v) is 3.49. The normalized spacial score (nSPS) is 27.2. The zero-order valence-electron chi connectivity index (χ0n) is 7.69. The zero-order chi connectivity index (χ0) is 9.90. The quantitative estimate of drug-likeness (QED) is 0.678. The van der Waals surface area contributed by atoms with Crippen molar-refractivity contribution < 1.29 is 13.2 Å². The van der Waals surface area contributed by atoms with Crippen molar-refractivity contribution in [1.82, 2.24) is 10.2 Å². The number of nitrogens with zero attached hydrogens (tertiary/aromatic N) is 1. The molecule has 1 unspecified atom stereocenters. The Kier molecular flexibility index (Phi) is 3.55. The van der Waals surface area contributed by atoms with Crippen molar-refractivity contribution in [2.45, 2.75) is 25.1 Å². The minimum Gasteiger partial charge on any atom is -0.315 e. The van der Waals surface area contributed by atoms with E-state index in [2.05, 4.69) is 5.32 Å². The Morgan fingerprint density at radius 3 is 2.69 bits per heavy atom. The first-order chi connectivity index (χ1) is 5.99. The van der Waals surface area contributed by atoms with Gasteiger partial charge in [-0.15, -0.1) is 0 Å². The molecule has 0 spiro atoms. The van der Waals surface area contributed by atoms with Crippen LogP contribution >= 0.6 is 0 Å². The maximum atomic E-state index is 12.1. The summed E-state index contributed by atoms with van der Waals surface area (Å²) in [6.07, 6.45) is -4.15. The number of likely N-dealkylation sites (N-methyl/N-ethyl adjacent to an activating group) is 1. The number of hydrogen-bond donors (Lipinski definition) is 1. The van der Waals surface area contributed by atoms with Gasteiger partial charge in [0, 0.05) is 19.1 Å². The molecule has 1 atom stereocenters. The van der Waals surface area contributed by atoms with E-state index in [1.165, 1.54) is 0 Å². The van der Waals surface area contributed by atoms with Gasteiger partial charge in [-0.05, 0) is 20.0 Å². The Labute approximate surface area is 76.1 Å². The molecule has 0 bridgehead atoms. The van der Waals surface area contributed by atoms with E-state index in [4.69, 9.17) is 0 Å². The summed E-state index contributed by atoms with van der Waals surface area (Å²) >= 11 is 0. The van der Waals surface area contributed by atoms with Gasteiger partial charge in [0.15, 0.2) is 0 Å². The molecule has 1 aliphatic rings. The molecule has 5 heteroatoms. The highest BCUT2D eigenvalue weighted by atomic mass is 19.4. The molecule has 0 aromatic carbocycles. The van der Waals surface area contributed by atoms with Gasteiger partial charge in [-0.1, -0.05) is 0 Å². The van der Waals surface area contributed by atoms with Crippen LogP contribution in [-0.2, 0) is 0 Å². The third-order valence-corrected chi connectivity index (χ3v) is 2.39. The summed E-state index contributed by atoms with van der Waals surface area (Å²) in [7, 11) is 1.75. The minimum absolute atomic E-state index is 0.352. The van der Waals surface area contributed by atoms with Crippen molar-refractivity contribution in [3.05, 3.63) is 0 Å². The van der Waals surface area contributed by atoms with Crippen LogP contribution in [-0.4, -0.2) is 43.8 Å². The van der Waals surface area contributed by atoms with Gasteiger partial charge in [0.25, 0.3) is 0 Å². The van der Waals surface area contributed by atoms with E-state index >= 15 is 0 Å². The van der Waals surface area contributed by atoms with E-state index in [1.54, 1.807) is 11.9 Å². The van der Waals surface area contributed by atoms with Crippen LogP contribution in [0.1, 0.15) is 12.8 Å². The maximum absolute atomic E-state index is 12.1. The zero-order valence-corrected chi connectivity index (χ0v) is 7.69. The average molecular weight is 196 g/mol. The van der Waals surface area contributed by atoms with Crippen LogP contribution in [0, 0.1) is 0 Å². The van der Waals surface area contributed by atoms with Crippen LogP contribution in [0.15, 0.2) is 0 Å². The summed E-state index contributed by atoms with van der Waals surface area (Å²) in [6.45, 7) is 2.16. The van der Waals surface area contributed by atoms with Crippen molar-refractivity contribution >= 4 is 0 Å². The van der Waals surface area contributed by atoms with Gasteiger partial charge in [0.1, 0.15) is 0 Å². The third kappa shape index (κ3) is 3.95. The molecule has 1 heterocycles. The molecular formula is C8H15F3N2. The van der Waals surface area contributed by atoms with E-state index in [0.29, 0.717) is 19.5 Å². The lowest BCUT2D eigenvalue weighted by molar-refractivity contribution is -0.146. The molecular weight excluding hydrogens is 181 g/mol. The first-order valence-corrected chi connectivity index (χ1v) is 4.47.